The topological polar surface area (TPSA) is 65.4 Å². The van der Waals surface area contributed by atoms with Crippen LogP contribution < -0.4 is 10.6 Å². The van der Waals surface area contributed by atoms with E-state index in [1.54, 1.807) is 7.05 Å². The minimum atomic E-state index is 0.567. The standard InChI is InChI=1S/C16H24N6/c1-12-13-8-5-6-9-14(13)20-16(19-12)21-15(17-2)18-10-7-11-22(3)4/h5-6,8-9H,7,10-11H2,1-4H3,(H2,17,18,19,20,21). The zero-order valence-electron chi connectivity index (χ0n) is 13.7. The Morgan fingerprint density at radius 1 is 1.23 bits per heavy atom. The molecule has 6 nitrogen and oxygen atoms in total. The first kappa shape index (κ1) is 16.2. The Morgan fingerprint density at radius 3 is 2.73 bits per heavy atom. The highest BCUT2D eigenvalue weighted by molar-refractivity contribution is 5.93. The summed E-state index contributed by atoms with van der Waals surface area (Å²) in [5.41, 5.74) is 1.89. The van der Waals surface area contributed by atoms with Gasteiger partial charge in [-0.05, 0) is 40.1 Å². The van der Waals surface area contributed by atoms with Gasteiger partial charge in [-0.3, -0.25) is 10.3 Å². The number of anilines is 1. The Hall–Kier alpha value is -2.21. The molecule has 1 aromatic carbocycles. The number of fused-ring (bicyclic) bond motifs is 1. The normalized spacial score (nSPS) is 12.0. The molecule has 2 aromatic rings. The molecule has 0 fully saturated rings. The van der Waals surface area contributed by atoms with Gasteiger partial charge in [0, 0.05) is 19.0 Å². The molecule has 0 aliphatic heterocycles. The molecule has 118 valence electrons. The van der Waals surface area contributed by atoms with Crippen molar-refractivity contribution in [3.63, 3.8) is 0 Å². The van der Waals surface area contributed by atoms with Crippen LogP contribution in [-0.4, -0.2) is 55.1 Å². The Labute approximate surface area is 131 Å². The quantitative estimate of drug-likeness (QED) is 0.501. The SMILES string of the molecule is CN=C(NCCCN(C)C)Nc1nc(C)c2ccccc2n1. The van der Waals surface area contributed by atoms with Gasteiger partial charge in [0.2, 0.25) is 5.95 Å². The van der Waals surface area contributed by atoms with Gasteiger partial charge >= 0.3 is 0 Å². The molecule has 2 rings (SSSR count). The number of nitrogens with zero attached hydrogens (tertiary/aromatic N) is 4. The highest BCUT2D eigenvalue weighted by Crippen LogP contribution is 2.16. The van der Waals surface area contributed by atoms with E-state index in [0.717, 1.165) is 36.1 Å². The molecule has 2 N–H and O–H groups in total. The van der Waals surface area contributed by atoms with Gasteiger partial charge in [-0.1, -0.05) is 18.2 Å². The number of aromatic nitrogens is 2. The lowest BCUT2D eigenvalue weighted by Crippen LogP contribution is -2.33. The molecular weight excluding hydrogens is 276 g/mol. The fourth-order valence-electron chi connectivity index (χ4n) is 2.18. The summed E-state index contributed by atoms with van der Waals surface area (Å²) >= 11 is 0. The maximum absolute atomic E-state index is 4.53. The van der Waals surface area contributed by atoms with Crippen LogP contribution in [0.25, 0.3) is 10.9 Å². The molecule has 0 spiro atoms. The summed E-state index contributed by atoms with van der Waals surface area (Å²) in [5, 5.41) is 7.50. The number of benzene rings is 1. The molecule has 0 amide bonds. The summed E-state index contributed by atoms with van der Waals surface area (Å²) in [7, 11) is 5.88. The Balaban J connectivity index is 2.02. The van der Waals surface area contributed by atoms with Crippen molar-refractivity contribution in [2.45, 2.75) is 13.3 Å². The van der Waals surface area contributed by atoms with Gasteiger partial charge in [-0.25, -0.2) is 9.97 Å². The van der Waals surface area contributed by atoms with E-state index in [-0.39, 0.29) is 0 Å². The number of nitrogens with one attached hydrogen (secondary N) is 2. The number of hydrogen-bond acceptors (Lipinski definition) is 4. The summed E-state index contributed by atoms with van der Waals surface area (Å²) in [4.78, 5) is 15.4. The van der Waals surface area contributed by atoms with E-state index in [1.165, 1.54) is 0 Å². The van der Waals surface area contributed by atoms with Crippen LogP contribution in [0, 0.1) is 6.92 Å². The number of guanidine groups is 1. The van der Waals surface area contributed by atoms with E-state index in [0.29, 0.717) is 11.9 Å². The smallest absolute Gasteiger partial charge is 0.230 e. The highest BCUT2D eigenvalue weighted by Gasteiger charge is 2.06. The van der Waals surface area contributed by atoms with E-state index in [2.05, 4.69) is 44.6 Å². The van der Waals surface area contributed by atoms with Gasteiger partial charge < -0.3 is 10.2 Å². The first-order valence-electron chi connectivity index (χ1n) is 7.46. The number of rotatable bonds is 5. The number of aryl methyl sites for hydroxylation is 1. The molecule has 0 aliphatic rings. The van der Waals surface area contributed by atoms with Crippen molar-refractivity contribution in [1.82, 2.24) is 20.2 Å². The lowest BCUT2D eigenvalue weighted by atomic mass is 10.2. The van der Waals surface area contributed by atoms with Crippen LogP contribution in [0.1, 0.15) is 12.1 Å². The van der Waals surface area contributed by atoms with Gasteiger partial charge in [0.05, 0.1) is 11.2 Å². The van der Waals surface area contributed by atoms with Crippen molar-refractivity contribution in [3.8, 4) is 0 Å². The van der Waals surface area contributed by atoms with E-state index in [1.807, 2.05) is 31.2 Å². The molecule has 6 heteroatoms. The molecule has 0 radical (unpaired) electrons. The first-order valence-corrected chi connectivity index (χ1v) is 7.46. The molecule has 0 bridgehead atoms. The van der Waals surface area contributed by atoms with Crippen LogP contribution in [0.4, 0.5) is 5.95 Å². The van der Waals surface area contributed by atoms with Gasteiger partial charge in [0.15, 0.2) is 5.96 Å². The summed E-state index contributed by atoms with van der Waals surface area (Å²) < 4.78 is 0. The molecule has 0 unspecified atom stereocenters. The average Bonchev–Trinajstić information content (AvgIpc) is 2.50. The summed E-state index contributed by atoms with van der Waals surface area (Å²) in [6.07, 6.45) is 1.05. The van der Waals surface area contributed by atoms with Gasteiger partial charge in [-0.2, -0.15) is 0 Å². The summed E-state index contributed by atoms with van der Waals surface area (Å²) in [5.74, 6) is 1.25. The number of para-hydroxylation sites is 1. The van der Waals surface area contributed by atoms with Gasteiger partial charge in [0.25, 0.3) is 0 Å². The Morgan fingerprint density at radius 2 is 2.00 bits per heavy atom. The third-order valence-corrected chi connectivity index (χ3v) is 3.32. The maximum atomic E-state index is 4.53. The van der Waals surface area contributed by atoms with Crippen LogP contribution in [0.15, 0.2) is 29.3 Å². The second-order valence-corrected chi connectivity index (χ2v) is 5.43. The lowest BCUT2D eigenvalue weighted by molar-refractivity contribution is 0.400. The van der Waals surface area contributed by atoms with Crippen molar-refractivity contribution >= 4 is 22.8 Å². The second-order valence-electron chi connectivity index (χ2n) is 5.43. The van der Waals surface area contributed by atoms with Crippen LogP contribution in [-0.2, 0) is 0 Å². The van der Waals surface area contributed by atoms with Crippen LogP contribution >= 0.6 is 0 Å². The van der Waals surface area contributed by atoms with E-state index >= 15 is 0 Å². The molecular formula is C16H24N6. The van der Waals surface area contributed by atoms with Gasteiger partial charge in [-0.15, -0.1) is 0 Å². The van der Waals surface area contributed by atoms with Crippen molar-refractivity contribution in [2.75, 3.05) is 39.5 Å². The van der Waals surface area contributed by atoms with Crippen molar-refractivity contribution in [3.05, 3.63) is 30.0 Å². The maximum Gasteiger partial charge on any atom is 0.230 e. The van der Waals surface area contributed by atoms with Crippen molar-refractivity contribution < 1.29 is 0 Å². The lowest BCUT2D eigenvalue weighted by Gasteiger charge is -2.13. The molecule has 0 saturated carbocycles. The van der Waals surface area contributed by atoms with Crippen molar-refractivity contribution in [2.24, 2.45) is 4.99 Å². The molecule has 1 heterocycles. The Kier molecular flexibility index (Phi) is 5.66. The molecule has 0 saturated heterocycles. The van der Waals surface area contributed by atoms with Crippen LogP contribution in [0.2, 0.25) is 0 Å². The predicted octanol–water partition coefficient (Wildman–Crippen LogP) is 1.88. The second kappa shape index (κ2) is 7.70. The van der Waals surface area contributed by atoms with Gasteiger partial charge in [0.1, 0.15) is 0 Å². The molecule has 22 heavy (non-hydrogen) atoms. The minimum absolute atomic E-state index is 0.567. The Bertz CT molecular complexity index is 650. The van der Waals surface area contributed by atoms with Crippen LogP contribution in [0.3, 0.4) is 0 Å². The monoisotopic (exact) mass is 300 g/mol. The summed E-state index contributed by atoms with van der Waals surface area (Å²) in [6.45, 7) is 3.88. The van der Waals surface area contributed by atoms with E-state index in [4.69, 9.17) is 0 Å². The molecule has 0 aliphatic carbocycles. The number of hydrogen-bond donors (Lipinski definition) is 2. The average molecular weight is 300 g/mol. The third kappa shape index (κ3) is 4.39. The minimum Gasteiger partial charge on any atom is -0.356 e. The number of aliphatic imine (C=N–C) groups is 1. The zero-order chi connectivity index (χ0) is 15.9. The van der Waals surface area contributed by atoms with E-state index < -0.39 is 0 Å². The molecule has 1 aromatic heterocycles. The fraction of sp³-hybridized carbons (Fsp3) is 0.438. The largest absolute Gasteiger partial charge is 0.356 e. The first-order chi connectivity index (χ1) is 10.6. The van der Waals surface area contributed by atoms with E-state index in [9.17, 15) is 0 Å². The van der Waals surface area contributed by atoms with Crippen LogP contribution in [0.5, 0.6) is 0 Å². The highest BCUT2D eigenvalue weighted by atomic mass is 15.2. The molecule has 0 atom stereocenters. The summed E-state index contributed by atoms with van der Waals surface area (Å²) in [6, 6.07) is 8.00. The van der Waals surface area contributed by atoms with Crippen molar-refractivity contribution in [1.29, 1.82) is 0 Å². The fourth-order valence-corrected chi connectivity index (χ4v) is 2.18. The third-order valence-electron chi connectivity index (χ3n) is 3.32. The zero-order valence-corrected chi connectivity index (χ0v) is 13.7. The predicted molar refractivity (Wildman–Crippen MR) is 92.4 cm³/mol.